The molecule has 1 aliphatic carbocycles. The number of rotatable bonds is 8. The standard InChI is InChI=1S/C28H24Cl2F5N3O5/c29-19-11-17(43-28(33,34)35)12-20(30)23(19)38-27(42)36-21-10-16-4-2-1-3-15(16)9-18(21)25(39)37-22(26(40)41)13-5-7-14(8-6-13)24(31)32/h1-4,9-14,22,24H,5-8H2,(H,37,39)(H,40,41)(H2,36,38,42). The van der Waals surface area contributed by atoms with Gasteiger partial charge in [0.05, 0.1) is 27.0 Å². The van der Waals surface area contributed by atoms with Crippen molar-refractivity contribution in [3.63, 3.8) is 0 Å². The molecule has 0 aromatic heterocycles. The quantitative estimate of drug-likeness (QED) is 0.185. The molecule has 1 fully saturated rings. The predicted molar refractivity (Wildman–Crippen MR) is 150 cm³/mol. The zero-order valence-electron chi connectivity index (χ0n) is 22.0. The first kappa shape index (κ1) is 32.1. The number of benzene rings is 3. The van der Waals surface area contributed by atoms with E-state index in [-0.39, 0.29) is 52.7 Å². The van der Waals surface area contributed by atoms with E-state index >= 15 is 0 Å². The second-order valence-corrected chi connectivity index (χ2v) is 10.7. The van der Waals surface area contributed by atoms with Gasteiger partial charge < -0.3 is 25.8 Å². The number of carboxylic acid groups (broad SMARTS) is 1. The van der Waals surface area contributed by atoms with E-state index in [2.05, 4.69) is 20.7 Å². The lowest BCUT2D eigenvalue weighted by molar-refractivity contribution is -0.274. The van der Waals surface area contributed by atoms with E-state index in [0.29, 0.717) is 10.8 Å². The SMILES string of the molecule is O=C(Nc1cc2ccccc2cc1C(=O)NC(C(=O)O)C1CCC(C(F)F)CC1)Nc1c(Cl)cc(OC(F)(F)F)cc1Cl. The van der Waals surface area contributed by atoms with E-state index in [1.165, 1.54) is 12.1 Å². The maximum absolute atomic E-state index is 13.4. The summed E-state index contributed by atoms with van der Waals surface area (Å²) in [6, 6.07) is 8.99. The molecule has 1 unspecified atom stereocenters. The first-order valence-corrected chi connectivity index (χ1v) is 13.6. The number of carbonyl (C=O) groups is 3. The molecule has 3 aromatic rings. The Kier molecular flexibility index (Phi) is 9.86. The summed E-state index contributed by atoms with van der Waals surface area (Å²) in [7, 11) is 0. The van der Waals surface area contributed by atoms with Gasteiger partial charge in [-0.2, -0.15) is 0 Å². The zero-order chi connectivity index (χ0) is 31.5. The third kappa shape index (κ3) is 8.17. The van der Waals surface area contributed by atoms with Crippen molar-refractivity contribution in [2.75, 3.05) is 10.6 Å². The Morgan fingerprint density at radius 3 is 1.98 bits per heavy atom. The fourth-order valence-corrected chi connectivity index (χ4v) is 5.55. The molecular weight excluding hydrogens is 624 g/mol. The summed E-state index contributed by atoms with van der Waals surface area (Å²) in [6.45, 7) is 0. The molecule has 0 radical (unpaired) electrons. The number of nitrogens with one attached hydrogen (secondary N) is 3. The van der Waals surface area contributed by atoms with Crippen molar-refractivity contribution in [1.82, 2.24) is 5.32 Å². The summed E-state index contributed by atoms with van der Waals surface area (Å²) in [5.74, 6) is -4.28. The van der Waals surface area contributed by atoms with Gasteiger partial charge in [0.15, 0.2) is 0 Å². The zero-order valence-corrected chi connectivity index (χ0v) is 23.5. The fraction of sp³-hybridized carbons (Fsp3) is 0.321. The molecule has 0 heterocycles. The van der Waals surface area contributed by atoms with Gasteiger partial charge in [0.1, 0.15) is 11.8 Å². The van der Waals surface area contributed by atoms with Crippen molar-refractivity contribution in [3.8, 4) is 5.75 Å². The van der Waals surface area contributed by atoms with Gasteiger partial charge in [-0.3, -0.25) is 4.79 Å². The number of urea groups is 1. The van der Waals surface area contributed by atoms with Gasteiger partial charge in [0.2, 0.25) is 6.43 Å². The summed E-state index contributed by atoms with van der Waals surface area (Å²) in [5.41, 5.74) is -0.386. The number of carboxylic acids is 1. The van der Waals surface area contributed by atoms with E-state index < -0.39 is 54.3 Å². The first-order valence-electron chi connectivity index (χ1n) is 12.9. The molecule has 4 N–H and O–H groups in total. The van der Waals surface area contributed by atoms with Crippen molar-refractivity contribution < 1.29 is 46.2 Å². The monoisotopic (exact) mass is 647 g/mol. The summed E-state index contributed by atoms with van der Waals surface area (Å²) in [6.07, 6.45) is -6.89. The molecule has 1 atom stereocenters. The van der Waals surface area contributed by atoms with Crippen LogP contribution in [0.3, 0.4) is 0 Å². The average Bonchev–Trinajstić information content (AvgIpc) is 2.92. The van der Waals surface area contributed by atoms with Crippen LogP contribution in [-0.4, -0.2) is 41.8 Å². The number of hydrogen-bond acceptors (Lipinski definition) is 4. The lowest BCUT2D eigenvalue weighted by atomic mass is 9.78. The van der Waals surface area contributed by atoms with Crippen LogP contribution in [0.15, 0.2) is 48.5 Å². The summed E-state index contributed by atoms with van der Waals surface area (Å²) < 4.78 is 67.7. The molecule has 0 saturated heterocycles. The van der Waals surface area contributed by atoms with E-state index in [4.69, 9.17) is 23.2 Å². The molecule has 15 heteroatoms. The van der Waals surface area contributed by atoms with E-state index in [0.717, 1.165) is 12.1 Å². The van der Waals surface area contributed by atoms with Crippen LogP contribution in [-0.2, 0) is 4.79 Å². The molecule has 1 saturated carbocycles. The van der Waals surface area contributed by atoms with Gasteiger partial charge in [-0.1, -0.05) is 47.5 Å². The molecule has 4 rings (SSSR count). The maximum atomic E-state index is 13.4. The molecular formula is C28H24Cl2F5N3O5. The van der Waals surface area contributed by atoms with Crippen molar-refractivity contribution in [3.05, 3.63) is 64.1 Å². The molecule has 0 aliphatic heterocycles. The number of alkyl halides is 5. The topological polar surface area (TPSA) is 117 Å². The second kappa shape index (κ2) is 13.2. The molecule has 8 nitrogen and oxygen atoms in total. The van der Waals surface area contributed by atoms with Crippen LogP contribution in [0.2, 0.25) is 10.0 Å². The van der Waals surface area contributed by atoms with Crippen LogP contribution in [0.4, 0.5) is 38.1 Å². The van der Waals surface area contributed by atoms with E-state index in [1.54, 1.807) is 24.3 Å². The largest absolute Gasteiger partial charge is 0.573 e. The first-order chi connectivity index (χ1) is 20.2. The van der Waals surface area contributed by atoms with Crippen LogP contribution in [0.1, 0.15) is 36.0 Å². The van der Waals surface area contributed by atoms with Gasteiger partial charge >= 0.3 is 18.4 Å². The Labute approximate surface area is 251 Å². The molecule has 3 aromatic carbocycles. The van der Waals surface area contributed by atoms with Crippen molar-refractivity contribution in [2.45, 2.75) is 44.5 Å². The number of fused-ring (bicyclic) bond motifs is 1. The Morgan fingerprint density at radius 1 is 0.884 bits per heavy atom. The number of carbonyl (C=O) groups excluding carboxylic acids is 2. The molecule has 230 valence electrons. The molecule has 3 amide bonds. The summed E-state index contributed by atoms with van der Waals surface area (Å²) >= 11 is 12.0. The number of aliphatic carboxylic acids is 1. The van der Waals surface area contributed by atoms with Gasteiger partial charge in [-0.15, -0.1) is 13.2 Å². The normalized spacial score (nSPS) is 17.8. The highest BCUT2D eigenvalue weighted by atomic mass is 35.5. The fourth-order valence-electron chi connectivity index (χ4n) is 4.99. The lowest BCUT2D eigenvalue weighted by Crippen LogP contribution is -2.47. The van der Waals surface area contributed by atoms with Crippen molar-refractivity contribution >= 4 is 63.3 Å². The van der Waals surface area contributed by atoms with Crippen LogP contribution in [0, 0.1) is 11.8 Å². The second-order valence-electron chi connectivity index (χ2n) is 9.93. The van der Waals surface area contributed by atoms with E-state index in [1.807, 2.05) is 0 Å². The Balaban J connectivity index is 1.57. The van der Waals surface area contributed by atoms with Crippen LogP contribution < -0.4 is 20.7 Å². The highest BCUT2D eigenvalue weighted by Gasteiger charge is 2.36. The van der Waals surface area contributed by atoms with Gasteiger partial charge in [-0.05, 0) is 54.5 Å². The Morgan fingerprint density at radius 2 is 1.44 bits per heavy atom. The average molecular weight is 648 g/mol. The minimum atomic E-state index is -5.00. The van der Waals surface area contributed by atoms with Gasteiger partial charge in [0, 0.05) is 18.1 Å². The smallest absolute Gasteiger partial charge is 0.480 e. The third-order valence-corrected chi connectivity index (χ3v) is 7.66. The molecule has 0 bridgehead atoms. The summed E-state index contributed by atoms with van der Waals surface area (Å²) in [4.78, 5) is 38.4. The predicted octanol–water partition coefficient (Wildman–Crippen LogP) is 7.94. The number of hydrogen-bond donors (Lipinski definition) is 4. The summed E-state index contributed by atoms with van der Waals surface area (Å²) in [5, 5.41) is 17.6. The number of ether oxygens (including phenoxy) is 1. The van der Waals surface area contributed by atoms with Crippen LogP contribution in [0.5, 0.6) is 5.75 Å². The van der Waals surface area contributed by atoms with Gasteiger partial charge in [0.25, 0.3) is 5.91 Å². The van der Waals surface area contributed by atoms with Gasteiger partial charge in [-0.25, -0.2) is 18.4 Å². The maximum Gasteiger partial charge on any atom is 0.573 e. The molecule has 1 aliphatic rings. The number of halogens is 7. The number of amides is 3. The third-order valence-electron chi connectivity index (χ3n) is 7.06. The lowest BCUT2D eigenvalue weighted by Gasteiger charge is -2.32. The van der Waals surface area contributed by atoms with Crippen molar-refractivity contribution in [1.29, 1.82) is 0 Å². The minimum Gasteiger partial charge on any atom is -0.480 e. The van der Waals surface area contributed by atoms with E-state index in [9.17, 15) is 41.4 Å². The van der Waals surface area contributed by atoms with Crippen molar-refractivity contribution in [2.24, 2.45) is 11.8 Å². The highest BCUT2D eigenvalue weighted by Crippen LogP contribution is 2.37. The molecule has 43 heavy (non-hydrogen) atoms. The minimum absolute atomic E-state index is 0.0384. The van der Waals surface area contributed by atoms with Crippen LogP contribution in [0.25, 0.3) is 10.8 Å². The Bertz CT molecular complexity index is 1510. The molecule has 0 spiro atoms. The Hall–Kier alpha value is -3.84. The highest BCUT2D eigenvalue weighted by molar-refractivity contribution is 6.40. The van der Waals surface area contributed by atoms with Crippen LogP contribution >= 0.6 is 23.2 Å². The number of anilines is 2.